The van der Waals surface area contributed by atoms with Gasteiger partial charge in [0.1, 0.15) is 17.7 Å². The summed E-state index contributed by atoms with van der Waals surface area (Å²) in [7, 11) is 0. The second kappa shape index (κ2) is 5.69. The van der Waals surface area contributed by atoms with Gasteiger partial charge in [0.15, 0.2) is 0 Å². The van der Waals surface area contributed by atoms with E-state index in [1.165, 1.54) is 12.1 Å². The Hall–Kier alpha value is -0.800. The summed E-state index contributed by atoms with van der Waals surface area (Å²) < 4.78 is 18.6. The number of benzene rings is 1. The summed E-state index contributed by atoms with van der Waals surface area (Å²) in [5.41, 5.74) is 0. The third kappa shape index (κ3) is 3.33. The first-order chi connectivity index (χ1) is 8.19. The van der Waals surface area contributed by atoms with Gasteiger partial charge in [0.2, 0.25) is 0 Å². The van der Waals surface area contributed by atoms with E-state index >= 15 is 0 Å². The normalized spacial score (nSPS) is 23.2. The van der Waals surface area contributed by atoms with Gasteiger partial charge in [0.05, 0.1) is 5.02 Å². The fraction of sp³-hybridized carbons (Fsp3) is 0.538. The molecule has 0 saturated heterocycles. The molecule has 0 radical (unpaired) electrons. The first-order valence-electron chi connectivity index (χ1n) is 6.04. The largest absolute Gasteiger partial charge is 0.490 e. The van der Waals surface area contributed by atoms with Crippen LogP contribution in [0.3, 0.4) is 0 Å². The maximum atomic E-state index is 12.9. The molecule has 0 heterocycles. The van der Waals surface area contributed by atoms with E-state index in [0.717, 1.165) is 25.8 Å². The van der Waals surface area contributed by atoms with Gasteiger partial charge >= 0.3 is 0 Å². The minimum absolute atomic E-state index is 0.113. The fourth-order valence-electron chi connectivity index (χ4n) is 1.92. The van der Waals surface area contributed by atoms with Crippen LogP contribution in [0, 0.1) is 5.82 Å². The van der Waals surface area contributed by atoms with E-state index in [9.17, 15) is 4.39 Å². The molecule has 1 aromatic rings. The van der Waals surface area contributed by atoms with Crippen molar-refractivity contribution in [3.63, 3.8) is 0 Å². The lowest BCUT2D eigenvalue weighted by atomic mass is 9.89. The van der Waals surface area contributed by atoms with E-state index in [2.05, 4.69) is 12.2 Å². The summed E-state index contributed by atoms with van der Waals surface area (Å²) in [5, 5.41) is 3.55. The molecule has 0 atom stereocenters. The Labute approximate surface area is 106 Å². The zero-order chi connectivity index (χ0) is 12.3. The molecule has 1 aromatic carbocycles. The van der Waals surface area contributed by atoms with E-state index < -0.39 is 5.82 Å². The van der Waals surface area contributed by atoms with Gasteiger partial charge < -0.3 is 10.1 Å². The standard InChI is InChI=1S/C13H17ClFNO/c1-2-5-16-9-6-11(7-9)17-10-3-4-13(15)12(14)8-10/h3-4,8-9,11,16H,2,5-7H2,1H3. The van der Waals surface area contributed by atoms with Crippen LogP contribution in [0.15, 0.2) is 18.2 Å². The van der Waals surface area contributed by atoms with Crippen LogP contribution in [-0.4, -0.2) is 18.7 Å². The van der Waals surface area contributed by atoms with Crippen molar-refractivity contribution >= 4 is 11.6 Å². The lowest BCUT2D eigenvalue weighted by Gasteiger charge is -2.36. The third-order valence-corrected chi connectivity index (χ3v) is 3.26. The lowest BCUT2D eigenvalue weighted by molar-refractivity contribution is 0.0852. The molecule has 2 nitrogen and oxygen atoms in total. The smallest absolute Gasteiger partial charge is 0.142 e. The second-order valence-electron chi connectivity index (χ2n) is 4.44. The Morgan fingerprint density at radius 2 is 2.24 bits per heavy atom. The van der Waals surface area contributed by atoms with Crippen molar-refractivity contribution in [3.05, 3.63) is 29.0 Å². The quantitative estimate of drug-likeness (QED) is 0.873. The van der Waals surface area contributed by atoms with Crippen molar-refractivity contribution in [2.24, 2.45) is 0 Å². The Balaban J connectivity index is 1.77. The molecule has 94 valence electrons. The van der Waals surface area contributed by atoms with Gasteiger partial charge in [-0.15, -0.1) is 0 Å². The molecule has 1 saturated carbocycles. The van der Waals surface area contributed by atoms with E-state index in [-0.39, 0.29) is 11.1 Å². The molecule has 2 rings (SSSR count). The molecule has 1 N–H and O–H groups in total. The molecule has 0 aromatic heterocycles. The summed E-state index contributed by atoms with van der Waals surface area (Å²) in [5.74, 6) is 0.241. The fourth-order valence-corrected chi connectivity index (χ4v) is 2.09. The van der Waals surface area contributed by atoms with Gasteiger partial charge in [-0.2, -0.15) is 0 Å². The Morgan fingerprint density at radius 1 is 1.47 bits per heavy atom. The second-order valence-corrected chi connectivity index (χ2v) is 4.85. The van der Waals surface area contributed by atoms with Crippen molar-refractivity contribution in [2.45, 2.75) is 38.3 Å². The van der Waals surface area contributed by atoms with E-state index in [1.807, 2.05) is 0 Å². The van der Waals surface area contributed by atoms with E-state index in [1.54, 1.807) is 6.07 Å². The summed E-state index contributed by atoms with van der Waals surface area (Å²) in [4.78, 5) is 0. The molecular formula is C13H17ClFNO. The average Bonchev–Trinajstić information content (AvgIpc) is 2.26. The van der Waals surface area contributed by atoms with Crippen molar-refractivity contribution in [1.82, 2.24) is 5.32 Å². The number of nitrogens with one attached hydrogen (secondary N) is 1. The maximum Gasteiger partial charge on any atom is 0.142 e. The van der Waals surface area contributed by atoms with Crippen molar-refractivity contribution in [1.29, 1.82) is 0 Å². The van der Waals surface area contributed by atoms with Crippen LogP contribution in [0.1, 0.15) is 26.2 Å². The maximum absolute atomic E-state index is 12.9. The zero-order valence-electron chi connectivity index (χ0n) is 9.88. The van der Waals surface area contributed by atoms with Gasteiger partial charge in [-0.3, -0.25) is 0 Å². The van der Waals surface area contributed by atoms with E-state index in [4.69, 9.17) is 16.3 Å². The number of halogens is 2. The van der Waals surface area contributed by atoms with E-state index in [0.29, 0.717) is 11.8 Å². The van der Waals surface area contributed by atoms with Gasteiger partial charge in [-0.05, 0) is 37.9 Å². The van der Waals surface area contributed by atoms with Crippen LogP contribution >= 0.6 is 11.6 Å². The summed E-state index contributed by atoms with van der Waals surface area (Å²) in [6.07, 6.45) is 3.39. The first-order valence-corrected chi connectivity index (χ1v) is 6.42. The van der Waals surface area contributed by atoms with Crippen LogP contribution in [-0.2, 0) is 0 Å². The number of hydrogen-bond donors (Lipinski definition) is 1. The summed E-state index contributed by atoms with van der Waals surface area (Å²) in [6.45, 7) is 3.21. The van der Waals surface area contributed by atoms with Crippen LogP contribution < -0.4 is 10.1 Å². The van der Waals surface area contributed by atoms with Crippen LogP contribution in [0.5, 0.6) is 5.75 Å². The average molecular weight is 258 g/mol. The molecule has 0 aliphatic heterocycles. The molecular weight excluding hydrogens is 241 g/mol. The van der Waals surface area contributed by atoms with Gasteiger partial charge in [0.25, 0.3) is 0 Å². The van der Waals surface area contributed by atoms with Crippen LogP contribution in [0.2, 0.25) is 5.02 Å². The molecule has 0 amide bonds. The predicted octanol–water partition coefficient (Wildman–Crippen LogP) is 3.39. The Bertz CT molecular complexity index is 380. The predicted molar refractivity (Wildman–Crippen MR) is 67.1 cm³/mol. The van der Waals surface area contributed by atoms with Crippen molar-refractivity contribution < 1.29 is 9.13 Å². The summed E-state index contributed by atoms with van der Waals surface area (Å²) >= 11 is 5.69. The Morgan fingerprint density at radius 3 is 2.88 bits per heavy atom. The molecule has 0 bridgehead atoms. The highest BCUT2D eigenvalue weighted by molar-refractivity contribution is 6.30. The Kier molecular flexibility index (Phi) is 4.24. The summed E-state index contributed by atoms with van der Waals surface area (Å²) in [6, 6.07) is 5.05. The first kappa shape index (κ1) is 12.7. The number of rotatable bonds is 5. The monoisotopic (exact) mass is 257 g/mol. The van der Waals surface area contributed by atoms with Gasteiger partial charge in [-0.25, -0.2) is 4.39 Å². The molecule has 17 heavy (non-hydrogen) atoms. The zero-order valence-corrected chi connectivity index (χ0v) is 10.6. The van der Waals surface area contributed by atoms with Gasteiger partial charge in [-0.1, -0.05) is 18.5 Å². The molecule has 1 aliphatic carbocycles. The van der Waals surface area contributed by atoms with Crippen LogP contribution in [0.4, 0.5) is 4.39 Å². The third-order valence-electron chi connectivity index (χ3n) is 2.97. The molecule has 1 aliphatic rings. The lowest BCUT2D eigenvalue weighted by Crippen LogP contribution is -2.46. The molecule has 0 unspecified atom stereocenters. The highest BCUT2D eigenvalue weighted by Gasteiger charge is 2.30. The molecule has 4 heteroatoms. The van der Waals surface area contributed by atoms with Gasteiger partial charge in [0, 0.05) is 12.1 Å². The van der Waals surface area contributed by atoms with Crippen molar-refractivity contribution in [3.8, 4) is 5.75 Å². The SMILES string of the molecule is CCCNC1CC(Oc2ccc(F)c(Cl)c2)C1. The molecule has 1 fully saturated rings. The van der Waals surface area contributed by atoms with Crippen molar-refractivity contribution in [2.75, 3.05) is 6.54 Å². The highest BCUT2D eigenvalue weighted by Crippen LogP contribution is 2.28. The minimum Gasteiger partial charge on any atom is -0.490 e. The topological polar surface area (TPSA) is 21.3 Å². The number of hydrogen-bond acceptors (Lipinski definition) is 2. The minimum atomic E-state index is -0.407. The molecule has 0 spiro atoms. The highest BCUT2D eigenvalue weighted by atomic mass is 35.5. The van der Waals surface area contributed by atoms with Crippen LogP contribution in [0.25, 0.3) is 0 Å². The number of ether oxygens (including phenoxy) is 1.